The first kappa shape index (κ1) is 16.9. The van der Waals surface area contributed by atoms with Gasteiger partial charge in [-0.15, -0.1) is 0 Å². The molecule has 3 aromatic heterocycles. The molecule has 0 saturated heterocycles. The number of nitrogens with zero attached hydrogens (tertiary/aromatic N) is 4. The summed E-state index contributed by atoms with van der Waals surface area (Å²) in [7, 11) is 1.67. The van der Waals surface area contributed by atoms with E-state index in [2.05, 4.69) is 20.3 Å². The lowest BCUT2D eigenvalue weighted by Gasteiger charge is -2.24. The van der Waals surface area contributed by atoms with Crippen molar-refractivity contribution in [1.82, 2.24) is 25.2 Å². The number of carbonyl (C=O) groups is 1. The van der Waals surface area contributed by atoms with Crippen LogP contribution in [0.4, 0.5) is 4.39 Å². The molecule has 0 bridgehead atoms. The van der Waals surface area contributed by atoms with Gasteiger partial charge in [-0.1, -0.05) is 5.16 Å². The maximum atomic E-state index is 13.8. The SMILES string of the molecule is CC(c1ccon1)N(C)C(=O)c1cc(-c2cn[nH]c2)nc2ccc(F)cc12. The van der Waals surface area contributed by atoms with Crippen LogP contribution >= 0.6 is 0 Å². The molecule has 4 aromatic rings. The van der Waals surface area contributed by atoms with E-state index < -0.39 is 5.82 Å². The fourth-order valence-corrected chi connectivity index (χ4v) is 2.92. The Hall–Kier alpha value is -3.55. The second-order valence-corrected chi connectivity index (χ2v) is 6.22. The van der Waals surface area contributed by atoms with Crippen LogP contribution in [-0.2, 0) is 0 Å². The van der Waals surface area contributed by atoms with Crippen LogP contribution < -0.4 is 0 Å². The van der Waals surface area contributed by atoms with E-state index in [1.165, 1.54) is 23.3 Å². The van der Waals surface area contributed by atoms with Crippen LogP contribution in [0.2, 0.25) is 0 Å². The van der Waals surface area contributed by atoms with E-state index in [-0.39, 0.29) is 11.9 Å². The summed E-state index contributed by atoms with van der Waals surface area (Å²) in [6, 6.07) is 7.25. The van der Waals surface area contributed by atoms with Crippen LogP contribution in [0, 0.1) is 5.82 Å². The van der Waals surface area contributed by atoms with Crippen molar-refractivity contribution in [2.75, 3.05) is 7.05 Å². The number of hydrogen-bond donors (Lipinski definition) is 1. The maximum absolute atomic E-state index is 13.8. The van der Waals surface area contributed by atoms with Crippen molar-refractivity contribution in [3.63, 3.8) is 0 Å². The van der Waals surface area contributed by atoms with E-state index in [1.54, 1.807) is 37.6 Å². The van der Waals surface area contributed by atoms with Crippen molar-refractivity contribution in [2.24, 2.45) is 0 Å². The first-order valence-corrected chi connectivity index (χ1v) is 8.31. The Balaban J connectivity index is 1.83. The summed E-state index contributed by atoms with van der Waals surface area (Å²) < 4.78 is 18.7. The summed E-state index contributed by atoms with van der Waals surface area (Å²) in [5.41, 5.74) is 2.83. The van der Waals surface area contributed by atoms with Crippen LogP contribution in [0.3, 0.4) is 0 Å². The highest BCUT2D eigenvalue weighted by atomic mass is 19.1. The van der Waals surface area contributed by atoms with Gasteiger partial charge >= 0.3 is 0 Å². The number of fused-ring (bicyclic) bond motifs is 1. The van der Waals surface area contributed by atoms with Crippen LogP contribution in [0.15, 0.2) is 53.5 Å². The van der Waals surface area contributed by atoms with E-state index in [1.807, 2.05) is 6.92 Å². The molecular formula is C19H16FN5O2. The van der Waals surface area contributed by atoms with Gasteiger partial charge in [0.25, 0.3) is 5.91 Å². The van der Waals surface area contributed by atoms with Gasteiger partial charge in [0.05, 0.1) is 29.0 Å². The van der Waals surface area contributed by atoms with Gasteiger partial charge < -0.3 is 9.42 Å². The van der Waals surface area contributed by atoms with E-state index >= 15 is 0 Å². The monoisotopic (exact) mass is 365 g/mol. The van der Waals surface area contributed by atoms with Gasteiger partial charge in [0.1, 0.15) is 17.8 Å². The van der Waals surface area contributed by atoms with Crippen LogP contribution in [-0.4, -0.2) is 38.2 Å². The van der Waals surface area contributed by atoms with Crippen LogP contribution in [0.25, 0.3) is 22.2 Å². The topological polar surface area (TPSA) is 87.9 Å². The van der Waals surface area contributed by atoms with E-state index in [0.29, 0.717) is 27.9 Å². The smallest absolute Gasteiger partial charge is 0.254 e. The third-order valence-corrected chi connectivity index (χ3v) is 4.58. The zero-order chi connectivity index (χ0) is 19.0. The number of aromatic nitrogens is 4. The van der Waals surface area contributed by atoms with Gasteiger partial charge in [-0.3, -0.25) is 9.89 Å². The number of H-pyrrole nitrogens is 1. The predicted molar refractivity (Wildman–Crippen MR) is 96.3 cm³/mol. The lowest BCUT2D eigenvalue weighted by molar-refractivity contribution is 0.0739. The molecule has 3 heterocycles. The molecule has 1 atom stereocenters. The highest BCUT2D eigenvalue weighted by Gasteiger charge is 2.24. The molecule has 27 heavy (non-hydrogen) atoms. The second-order valence-electron chi connectivity index (χ2n) is 6.22. The first-order chi connectivity index (χ1) is 13.0. The molecule has 136 valence electrons. The lowest BCUT2D eigenvalue weighted by atomic mass is 10.0. The summed E-state index contributed by atoms with van der Waals surface area (Å²) in [5.74, 6) is -0.699. The Kier molecular flexibility index (Phi) is 4.15. The third kappa shape index (κ3) is 3.05. The highest BCUT2D eigenvalue weighted by Crippen LogP contribution is 2.28. The maximum Gasteiger partial charge on any atom is 0.254 e. The molecule has 1 N–H and O–H groups in total. The standard InChI is InChI=1S/C19H16FN5O2/c1-11(16-5-6-27-24-16)25(2)19(26)15-8-18(12-9-21-22-10-12)23-17-4-3-13(20)7-14(15)17/h3-11H,1-2H3,(H,21,22). The molecule has 1 amide bonds. The summed E-state index contributed by atoms with van der Waals surface area (Å²) in [6.45, 7) is 1.84. The molecule has 1 unspecified atom stereocenters. The normalized spacial score (nSPS) is 12.3. The minimum absolute atomic E-state index is 0.270. The van der Waals surface area contributed by atoms with E-state index in [9.17, 15) is 9.18 Å². The van der Waals surface area contributed by atoms with Gasteiger partial charge in [-0.2, -0.15) is 5.10 Å². The zero-order valence-electron chi connectivity index (χ0n) is 14.7. The Morgan fingerprint density at radius 1 is 1.30 bits per heavy atom. The fraction of sp³-hybridized carbons (Fsp3) is 0.158. The Morgan fingerprint density at radius 3 is 2.85 bits per heavy atom. The number of hydrogen-bond acceptors (Lipinski definition) is 5. The van der Waals surface area contributed by atoms with Gasteiger partial charge in [0.2, 0.25) is 0 Å². The summed E-state index contributed by atoms with van der Waals surface area (Å²) in [5, 5.41) is 11.0. The van der Waals surface area contributed by atoms with E-state index in [4.69, 9.17) is 4.52 Å². The summed E-state index contributed by atoms with van der Waals surface area (Å²) in [4.78, 5) is 19.3. The molecule has 0 fully saturated rings. The first-order valence-electron chi connectivity index (χ1n) is 8.31. The molecule has 8 heteroatoms. The summed E-state index contributed by atoms with van der Waals surface area (Å²) in [6.07, 6.45) is 4.76. The zero-order valence-corrected chi connectivity index (χ0v) is 14.7. The number of amides is 1. The van der Waals surface area contributed by atoms with Gasteiger partial charge in [0, 0.05) is 30.3 Å². The molecule has 0 aliphatic rings. The van der Waals surface area contributed by atoms with Gasteiger partial charge in [-0.25, -0.2) is 9.37 Å². The van der Waals surface area contributed by atoms with Crippen LogP contribution in [0.5, 0.6) is 0 Å². The predicted octanol–water partition coefficient (Wildman–Crippen LogP) is 3.59. The van der Waals surface area contributed by atoms with Gasteiger partial charge in [-0.05, 0) is 31.2 Å². The molecule has 0 aliphatic carbocycles. The van der Waals surface area contributed by atoms with Crippen molar-refractivity contribution in [3.8, 4) is 11.3 Å². The van der Waals surface area contributed by atoms with Crippen molar-refractivity contribution in [3.05, 3.63) is 66.1 Å². The Morgan fingerprint density at radius 2 is 2.15 bits per heavy atom. The number of benzene rings is 1. The minimum atomic E-state index is -0.429. The van der Waals surface area contributed by atoms with Crippen molar-refractivity contribution in [1.29, 1.82) is 0 Å². The number of halogens is 1. The lowest BCUT2D eigenvalue weighted by Crippen LogP contribution is -2.30. The molecule has 4 rings (SSSR count). The van der Waals surface area contributed by atoms with Crippen molar-refractivity contribution >= 4 is 16.8 Å². The number of nitrogens with one attached hydrogen (secondary N) is 1. The second kappa shape index (κ2) is 6.64. The van der Waals surface area contributed by atoms with E-state index in [0.717, 1.165) is 5.56 Å². The Bertz CT molecular complexity index is 1090. The van der Waals surface area contributed by atoms with Crippen LogP contribution in [0.1, 0.15) is 29.0 Å². The van der Waals surface area contributed by atoms with Gasteiger partial charge in [0.15, 0.2) is 0 Å². The molecule has 0 spiro atoms. The Labute approximate surface area is 153 Å². The molecular weight excluding hydrogens is 349 g/mol. The quantitative estimate of drug-likeness (QED) is 0.597. The number of rotatable bonds is 4. The average molecular weight is 365 g/mol. The fourth-order valence-electron chi connectivity index (χ4n) is 2.92. The third-order valence-electron chi connectivity index (χ3n) is 4.58. The summed E-state index contributed by atoms with van der Waals surface area (Å²) >= 11 is 0. The molecule has 0 saturated carbocycles. The molecule has 0 radical (unpaired) electrons. The minimum Gasteiger partial charge on any atom is -0.364 e. The molecule has 1 aromatic carbocycles. The van der Waals surface area contributed by atoms with Crippen molar-refractivity contribution < 1.29 is 13.7 Å². The number of aromatic amines is 1. The molecule has 0 aliphatic heterocycles. The highest BCUT2D eigenvalue weighted by molar-refractivity contribution is 6.07. The number of carbonyl (C=O) groups excluding carboxylic acids is 1. The average Bonchev–Trinajstić information content (AvgIpc) is 3.39. The van der Waals surface area contributed by atoms with Crippen molar-refractivity contribution in [2.45, 2.75) is 13.0 Å². The number of pyridine rings is 1. The molecule has 7 nitrogen and oxygen atoms in total. The largest absolute Gasteiger partial charge is 0.364 e.